The van der Waals surface area contributed by atoms with Crippen molar-refractivity contribution < 1.29 is 0 Å². The minimum absolute atomic E-state index is 0.640. The summed E-state index contributed by atoms with van der Waals surface area (Å²) in [5, 5.41) is 1.21. The second kappa shape index (κ2) is 5.25. The molecular weight excluding hydrogens is 218 g/mol. The molecule has 0 bridgehead atoms. The van der Waals surface area contributed by atoms with Crippen LogP contribution < -0.4 is 5.73 Å². The van der Waals surface area contributed by atoms with Crippen LogP contribution in [0.1, 0.15) is 34.3 Å². The minimum Gasteiger partial charge on any atom is -0.330 e. The van der Waals surface area contributed by atoms with Gasteiger partial charge in [-0.3, -0.25) is 0 Å². The van der Waals surface area contributed by atoms with Crippen molar-refractivity contribution in [3.8, 4) is 0 Å². The molecule has 0 spiro atoms. The summed E-state index contributed by atoms with van der Waals surface area (Å²) in [6.45, 7) is 5.29. The van der Waals surface area contributed by atoms with Gasteiger partial charge >= 0.3 is 0 Å². The van der Waals surface area contributed by atoms with Gasteiger partial charge in [0.2, 0.25) is 0 Å². The topological polar surface area (TPSA) is 42.1 Å². The molecule has 1 atom stereocenters. The summed E-state index contributed by atoms with van der Waals surface area (Å²) in [5.74, 6) is 0.640. The number of thiazole rings is 1. The van der Waals surface area contributed by atoms with E-state index in [9.17, 15) is 0 Å². The molecule has 1 aromatic heterocycles. The molecule has 4 heteroatoms. The molecule has 1 aliphatic heterocycles. The molecule has 1 saturated heterocycles. The fourth-order valence-corrected chi connectivity index (χ4v) is 3.50. The third kappa shape index (κ3) is 2.62. The van der Waals surface area contributed by atoms with Crippen molar-refractivity contribution in [1.82, 2.24) is 9.88 Å². The van der Waals surface area contributed by atoms with E-state index in [0.717, 1.165) is 13.0 Å². The lowest BCUT2D eigenvalue weighted by Gasteiger charge is -2.29. The van der Waals surface area contributed by atoms with Crippen LogP contribution in [-0.2, 0) is 6.42 Å². The molecule has 0 aromatic carbocycles. The highest BCUT2D eigenvalue weighted by atomic mass is 32.1. The molecule has 1 unspecified atom stereocenters. The number of likely N-dealkylation sites (tertiary alicyclic amines) is 1. The van der Waals surface area contributed by atoms with E-state index in [1.54, 1.807) is 0 Å². The van der Waals surface area contributed by atoms with E-state index in [1.807, 2.05) is 11.3 Å². The molecule has 0 radical (unpaired) electrons. The van der Waals surface area contributed by atoms with Crippen LogP contribution in [0.4, 0.5) is 0 Å². The summed E-state index contributed by atoms with van der Waals surface area (Å²) >= 11 is 1.82. The normalized spacial score (nSPS) is 22.6. The Morgan fingerprint density at radius 3 is 3.06 bits per heavy atom. The zero-order valence-corrected chi connectivity index (χ0v) is 11.0. The van der Waals surface area contributed by atoms with Crippen LogP contribution >= 0.6 is 11.3 Å². The van der Waals surface area contributed by atoms with Gasteiger partial charge in [0.1, 0.15) is 0 Å². The number of aryl methyl sites for hydroxylation is 1. The van der Waals surface area contributed by atoms with E-state index in [2.05, 4.69) is 18.9 Å². The van der Waals surface area contributed by atoms with Crippen LogP contribution in [0.5, 0.6) is 0 Å². The number of aromatic nitrogens is 1. The summed E-state index contributed by atoms with van der Waals surface area (Å²) in [7, 11) is 2.20. The van der Waals surface area contributed by atoms with Crippen LogP contribution in [0.2, 0.25) is 0 Å². The molecule has 1 fully saturated rings. The quantitative estimate of drug-likeness (QED) is 0.874. The molecular formula is C12H21N3S. The zero-order chi connectivity index (χ0) is 11.5. The Labute approximate surface area is 102 Å². The Hall–Kier alpha value is -0.450. The predicted molar refractivity (Wildman–Crippen MR) is 69.1 cm³/mol. The number of nitrogens with two attached hydrogens (primary N) is 1. The number of hydrogen-bond acceptors (Lipinski definition) is 4. The van der Waals surface area contributed by atoms with Gasteiger partial charge in [-0.05, 0) is 39.9 Å². The van der Waals surface area contributed by atoms with Gasteiger partial charge in [0.05, 0.1) is 10.7 Å². The van der Waals surface area contributed by atoms with E-state index in [1.165, 1.54) is 35.0 Å². The monoisotopic (exact) mass is 239 g/mol. The van der Waals surface area contributed by atoms with E-state index in [4.69, 9.17) is 10.7 Å². The van der Waals surface area contributed by atoms with E-state index >= 15 is 0 Å². The Bertz CT molecular complexity index is 348. The maximum atomic E-state index is 5.58. The van der Waals surface area contributed by atoms with Crippen molar-refractivity contribution in [2.45, 2.75) is 32.1 Å². The van der Waals surface area contributed by atoms with Gasteiger partial charge in [0.25, 0.3) is 0 Å². The fourth-order valence-electron chi connectivity index (χ4n) is 2.46. The van der Waals surface area contributed by atoms with Crippen molar-refractivity contribution in [3.63, 3.8) is 0 Å². The number of nitrogens with zero attached hydrogens (tertiary/aromatic N) is 2. The smallest absolute Gasteiger partial charge is 0.0943 e. The molecule has 0 aliphatic carbocycles. The average Bonchev–Trinajstić information content (AvgIpc) is 2.60. The van der Waals surface area contributed by atoms with Gasteiger partial charge in [-0.1, -0.05) is 0 Å². The van der Waals surface area contributed by atoms with Crippen molar-refractivity contribution in [2.24, 2.45) is 5.73 Å². The van der Waals surface area contributed by atoms with E-state index in [-0.39, 0.29) is 0 Å². The maximum absolute atomic E-state index is 5.58. The SMILES string of the molecule is Cc1sc(CCN)nc1C1CCCN(C)C1. The van der Waals surface area contributed by atoms with Gasteiger partial charge in [0, 0.05) is 23.8 Å². The molecule has 2 heterocycles. The third-order valence-electron chi connectivity index (χ3n) is 3.25. The number of likely N-dealkylation sites (N-methyl/N-ethyl adjacent to an activating group) is 1. The number of rotatable bonds is 3. The maximum Gasteiger partial charge on any atom is 0.0943 e. The average molecular weight is 239 g/mol. The highest BCUT2D eigenvalue weighted by molar-refractivity contribution is 7.11. The Kier molecular flexibility index (Phi) is 3.95. The molecule has 3 nitrogen and oxygen atoms in total. The van der Waals surface area contributed by atoms with E-state index < -0.39 is 0 Å². The lowest BCUT2D eigenvalue weighted by Crippen LogP contribution is -2.31. The molecule has 90 valence electrons. The van der Waals surface area contributed by atoms with Crippen molar-refractivity contribution in [1.29, 1.82) is 0 Å². The largest absolute Gasteiger partial charge is 0.330 e. The van der Waals surface area contributed by atoms with Crippen LogP contribution in [-0.4, -0.2) is 36.6 Å². The van der Waals surface area contributed by atoms with Gasteiger partial charge in [0.15, 0.2) is 0 Å². The molecule has 1 aliphatic rings. The van der Waals surface area contributed by atoms with E-state index in [0.29, 0.717) is 12.5 Å². The molecule has 0 saturated carbocycles. The van der Waals surface area contributed by atoms with Crippen molar-refractivity contribution >= 4 is 11.3 Å². The Morgan fingerprint density at radius 1 is 1.56 bits per heavy atom. The first kappa shape index (κ1) is 12.0. The first-order valence-electron chi connectivity index (χ1n) is 6.05. The van der Waals surface area contributed by atoms with Gasteiger partial charge in [-0.2, -0.15) is 0 Å². The van der Waals surface area contributed by atoms with Gasteiger partial charge < -0.3 is 10.6 Å². The van der Waals surface area contributed by atoms with Gasteiger partial charge in [-0.25, -0.2) is 4.98 Å². The molecule has 16 heavy (non-hydrogen) atoms. The Morgan fingerprint density at radius 2 is 2.38 bits per heavy atom. The molecule has 2 rings (SSSR count). The fraction of sp³-hybridized carbons (Fsp3) is 0.750. The second-order valence-electron chi connectivity index (χ2n) is 4.69. The molecule has 1 aromatic rings. The third-order valence-corrected chi connectivity index (χ3v) is 4.29. The summed E-state index contributed by atoms with van der Waals surface area (Å²) in [6, 6.07) is 0. The minimum atomic E-state index is 0.640. The summed E-state index contributed by atoms with van der Waals surface area (Å²) < 4.78 is 0. The van der Waals surface area contributed by atoms with Crippen LogP contribution in [0.25, 0.3) is 0 Å². The lowest BCUT2D eigenvalue weighted by molar-refractivity contribution is 0.248. The van der Waals surface area contributed by atoms with Crippen molar-refractivity contribution in [2.75, 3.05) is 26.7 Å². The standard InChI is InChI=1S/C12H21N3S/c1-9-12(14-11(16-9)5-6-13)10-4-3-7-15(2)8-10/h10H,3-8,13H2,1-2H3. The molecule has 0 amide bonds. The summed E-state index contributed by atoms with van der Waals surface area (Å²) in [6.07, 6.45) is 3.51. The highest BCUT2D eigenvalue weighted by Crippen LogP contribution is 2.30. The summed E-state index contributed by atoms with van der Waals surface area (Å²) in [5.41, 5.74) is 6.91. The predicted octanol–water partition coefficient (Wildman–Crippen LogP) is 1.76. The van der Waals surface area contributed by atoms with Gasteiger partial charge in [-0.15, -0.1) is 11.3 Å². The highest BCUT2D eigenvalue weighted by Gasteiger charge is 2.23. The first-order valence-corrected chi connectivity index (χ1v) is 6.87. The van der Waals surface area contributed by atoms with Crippen LogP contribution in [0.3, 0.4) is 0 Å². The van der Waals surface area contributed by atoms with Crippen LogP contribution in [0, 0.1) is 6.92 Å². The molecule has 2 N–H and O–H groups in total. The second-order valence-corrected chi connectivity index (χ2v) is 5.98. The first-order chi connectivity index (χ1) is 7.70. The number of hydrogen-bond donors (Lipinski definition) is 1. The number of piperidine rings is 1. The Balaban J connectivity index is 2.12. The van der Waals surface area contributed by atoms with Crippen molar-refractivity contribution in [3.05, 3.63) is 15.6 Å². The van der Waals surface area contributed by atoms with Crippen LogP contribution in [0.15, 0.2) is 0 Å². The zero-order valence-electron chi connectivity index (χ0n) is 10.2. The lowest BCUT2D eigenvalue weighted by atomic mass is 9.94. The summed E-state index contributed by atoms with van der Waals surface area (Å²) in [4.78, 5) is 8.57.